The fraction of sp³-hybridized carbons (Fsp3) is 0.316. The van der Waals surface area contributed by atoms with Gasteiger partial charge in [-0.1, -0.05) is 30.3 Å². The molecule has 1 heterocycles. The molecule has 0 bridgehead atoms. The summed E-state index contributed by atoms with van der Waals surface area (Å²) < 4.78 is 5.17. The molecule has 0 saturated carbocycles. The number of hydrogen-bond donors (Lipinski definition) is 0. The molecule has 4 nitrogen and oxygen atoms in total. The summed E-state index contributed by atoms with van der Waals surface area (Å²) in [5, 5.41) is 0. The van der Waals surface area contributed by atoms with Crippen LogP contribution in [0.3, 0.4) is 0 Å². The molecule has 1 saturated heterocycles. The van der Waals surface area contributed by atoms with Crippen LogP contribution < -0.4 is 4.74 Å². The van der Waals surface area contributed by atoms with E-state index >= 15 is 0 Å². The molecule has 3 rings (SSSR count). The second-order valence-corrected chi connectivity index (χ2v) is 5.92. The molecule has 23 heavy (non-hydrogen) atoms. The Morgan fingerprint density at radius 1 is 1.04 bits per heavy atom. The minimum Gasteiger partial charge on any atom is -0.497 e. The first kappa shape index (κ1) is 15.6. The van der Waals surface area contributed by atoms with Crippen LogP contribution >= 0.6 is 0 Å². The van der Waals surface area contributed by atoms with Crippen LogP contribution in [0.2, 0.25) is 0 Å². The highest BCUT2D eigenvalue weighted by Crippen LogP contribution is 2.27. The average Bonchev–Trinajstić information content (AvgIpc) is 2.62. The van der Waals surface area contributed by atoms with E-state index in [1.807, 2.05) is 47.4 Å². The molecule has 0 aromatic heterocycles. The Balaban J connectivity index is 1.86. The average molecular weight is 310 g/mol. The molecule has 4 heteroatoms. The van der Waals surface area contributed by atoms with E-state index in [1.54, 1.807) is 7.11 Å². The van der Waals surface area contributed by atoms with Gasteiger partial charge in [0.15, 0.2) is 0 Å². The predicted molar refractivity (Wildman–Crippen MR) is 90.7 cm³/mol. The number of hydrogen-bond acceptors (Lipinski definition) is 3. The summed E-state index contributed by atoms with van der Waals surface area (Å²) in [6.07, 6.45) is 0. The Morgan fingerprint density at radius 3 is 2.39 bits per heavy atom. The topological polar surface area (TPSA) is 32.8 Å². The van der Waals surface area contributed by atoms with E-state index in [0.29, 0.717) is 5.56 Å². The van der Waals surface area contributed by atoms with Crippen LogP contribution in [0.1, 0.15) is 22.0 Å². The van der Waals surface area contributed by atoms with Crippen molar-refractivity contribution in [2.75, 3.05) is 33.8 Å². The van der Waals surface area contributed by atoms with Gasteiger partial charge in [-0.15, -0.1) is 0 Å². The summed E-state index contributed by atoms with van der Waals surface area (Å²) in [7, 11) is 3.73. The van der Waals surface area contributed by atoms with Crippen molar-refractivity contribution in [1.82, 2.24) is 9.80 Å². The first-order valence-electron chi connectivity index (χ1n) is 7.87. The van der Waals surface area contributed by atoms with Crippen LogP contribution in [0.5, 0.6) is 5.75 Å². The molecule has 1 atom stereocenters. The van der Waals surface area contributed by atoms with Gasteiger partial charge in [-0.25, -0.2) is 0 Å². The number of piperazine rings is 1. The van der Waals surface area contributed by atoms with Gasteiger partial charge in [0.2, 0.25) is 0 Å². The Bertz CT molecular complexity index is 655. The lowest BCUT2D eigenvalue weighted by molar-refractivity contribution is 0.0498. The number of amides is 1. The van der Waals surface area contributed by atoms with E-state index in [2.05, 4.69) is 24.1 Å². The molecule has 1 aliphatic heterocycles. The third-order valence-corrected chi connectivity index (χ3v) is 4.37. The van der Waals surface area contributed by atoms with Crippen LogP contribution in [-0.2, 0) is 0 Å². The van der Waals surface area contributed by atoms with E-state index in [1.165, 1.54) is 5.56 Å². The fourth-order valence-corrected chi connectivity index (χ4v) is 3.02. The van der Waals surface area contributed by atoms with Gasteiger partial charge in [0.25, 0.3) is 5.91 Å². The first-order chi connectivity index (χ1) is 11.2. The summed E-state index contributed by atoms with van der Waals surface area (Å²) in [6.45, 7) is 2.48. The molecule has 2 aromatic carbocycles. The molecule has 0 N–H and O–H groups in total. The number of carbonyl (C=O) groups excluding carboxylic acids is 1. The van der Waals surface area contributed by atoms with Gasteiger partial charge in [-0.2, -0.15) is 0 Å². The standard InChI is InChI=1S/C19H22N2O2/c1-20-12-13-21(18(14-20)15-6-4-3-5-7-15)19(22)16-8-10-17(23-2)11-9-16/h3-11,18H,12-14H2,1-2H3. The Labute approximate surface area is 137 Å². The van der Waals surface area contributed by atoms with Gasteiger partial charge in [0.05, 0.1) is 13.2 Å². The van der Waals surface area contributed by atoms with E-state index in [4.69, 9.17) is 4.74 Å². The summed E-state index contributed by atoms with van der Waals surface area (Å²) in [6, 6.07) is 17.7. The maximum Gasteiger partial charge on any atom is 0.254 e. The highest BCUT2D eigenvalue weighted by Gasteiger charge is 2.30. The van der Waals surface area contributed by atoms with E-state index in [-0.39, 0.29) is 11.9 Å². The smallest absolute Gasteiger partial charge is 0.254 e. The molecule has 1 amide bonds. The number of benzene rings is 2. The third kappa shape index (κ3) is 3.37. The predicted octanol–water partition coefficient (Wildman–Crippen LogP) is 2.82. The minimum atomic E-state index is 0.0783. The van der Waals surface area contributed by atoms with Crippen molar-refractivity contribution in [2.45, 2.75) is 6.04 Å². The molecule has 120 valence electrons. The van der Waals surface area contributed by atoms with E-state index in [0.717, 1.165) is 25.4 Å². The van der Waals surface area contributed by atoms with E-state index < -0.39 is 0 Å². The van der Waals surface area contributed by atoms with Crippen LogP contribution in [0.15, 0.2) is 54.6 Å². The molecule has 0 radical (unpaired) electrons. The number of methoxy groups -OCH3 is 1. The van der Waals surface area contributed by atoms with Crippen molar-refractivity contribution < 1.29 is 9.53 Å². The second kappa shape index (κ2) is 6.84. The maximum absolute atomic E-state index is 13.0. The van der Waals surface area contributed by atoms with Crippen molar-refractivity contribution in [3.05, 3.63) is 65.7 Å². The quantitative estimate of drug-likeness (QED) is 0.874. The van der Waals surface area contributed by atoms with Crippen molar-refractivity contribution in [3.8, 4) is 5.75 Å². The Morgan fingerprint density at radius 2 is 1.74 bits per heavy atom. The Kier molecular flexibility index (Phi) is 4.63. The molecule has 0 aliphatic carbocycles. The lowest BCUT2D eigenvalue weighted by atomic mass is 10.0. The number of ether oxygens (including phenoxy) is 1. The van der Waals surface area contributed by atoms with Crippen molar-refractivity contribution in [2.24, 2.45) is 0 Å². The summed E-state index contributed by atoms with van der Waals surface area (Å²) in [5.74, 6) is 0.842. The van der Waals surface area contributed by atoms with Crippen molar-refractivity contribution in [1.29, 1.82) is 0 Å². The van der Waals surface area contributed by atoms with Crippen molar-refractivity contribution >= 4 is 5.91 Å². The summed E-state index contributed by atoms with van der Waals surface area (Å²) in [5.41, 5.74) is 1.89. The van der Waals surface area contributed by atoms with Gasteiger partial charge in [0, 0.05) is 25.2 Å². The molecule has 1 fully saturated rings. The molecule has 2 aromatic rings. The SMILES string of the molecule is COc1ccc(C(=O)N2CCN(C)CC2c2ccccc2)cc1. The summed E-state index contributed by atoms with van der Waals surface area (Å²) >= 11 is 0. The van der Waals surface area contributed by atoms with Crippen LogP contribution in [0, 0.1) is 0 Å². The lowest BCUT2D eigenvalue weighted by Gasteiger charge is -2.40. The lowest BCUT2D eigenvalue weighted by Crippen LogP contribution is -2.49. The monoisotopic (exact) mass is 310 g/mol. The normalized spacial score (nSPS) is 18.7. The minimum absolute atomic E-state index is 0.0783. The molecule has 1 aliphatic rings. The van der Waals surface area contributed by atoms with E-state index in [9.17, 15) is 4.79 Å². The third-order valence-electron chi connectivity index (χ3n) is 4.37. The zero-order valence-corrected chi connectivity index (χ0v) is 13.6. The van der Waals surface area contributed by atoms with Gasteiger partial charge in [-0.05, 0) is 36.9 Å². The van der Waals surface area contributed by atoms with Gasteiger partial charge in [0.1, 0.15) is 5.75 Å². The summed E-state index contributed by atoms with van der Waals surface area (Å²) in [4.78, 5) is 17.2. The molecular weight excluding hydrogens is 288 g/mol. The van der Waals surface area contributed by atoms with Crippen LogP contribution in [0.25, 0.3) is 0 Å². The Hall–Kier alpha value is -2.33. The molecule has 1 unspecified atom stereocenters. The fourth-order valence-electron chi connectivity index (χ4n) is 3.02. The number of likely N-dealkylation sites (N-methyl/N-ethyl adjacent to an activating group) is 1. The number of carbonyl (C=O) groups is 1. The second-order valence-electron chi connectivity index (χ2n) is 5.92. The number of rotatable bonds is 3. The van der Waals surface area contributed by atoms with Gasteiger partial charge in [-0.3, -0.25) is 4.79 Å². The van der Waals surface area contributed by atoms with Gasteiger partial charge < -0.3 is 14.5 Å². The molecular formula is C19H22N2O2. The maximum atomic E-state index is 13.0. The number of nitrogens with zero attached hydrogens (tertiary/aromatic N) is 2. The largest absolute Gasteiger partial charge is 0.497 e. The molecule has 0 spiro atoms. The first-order valence-corrected chi connectivity index (χ1v) is 7.87. The zero-order chi connectivity index (χ0) is 16.2. The van der Waals surface area contributed by atoms with Crippen LogP contribution in [0.4, 0.5) is 0 Å². The van der Waals surface area contributed by atoms with Crippen LogP contribution in [-0.4, -0.2) is 49.5 Å². The van der Waals surface area contributed by atoms with Gasteiger partial charge >= 0.3 is 0 Å². The zero-order valence-electron chi connectivity index (χ0n) is 13.6. The van der Waals surface area contributed by atoms with Crippen molar-refractivity contribution in [3.63, 3.8) is 0 Å². The highest BCUT2D eigenvalue weighted by atomic mass is 16.5. The highest BCUT2D eigenvalue weighted by molar-refractivity contribution is 5.94.